The van der Waals surface area contributed by atoms with E-state index in [0.717, 1.165) is 0 Å². The van der Waals surface area contributed by atoms with Crippen molar-refractivity contribution in [1.82, 2.24) is 0 Å². The van der Waals surface area contributed by atoms with Crippen molar-refractivity contribution in [3.8, 4) is 11.5 Å². The zero-order chi connectivity index (χ0) is 19.3. The van der Waals surface area contributed by atoms with Gasteiger partial charge in [0.15, 0.2) is 17.6 Å². The van der Waals surface area contributed by atoms with Gasteiger partial charge in [-0.1, -0.05) is 29.3 Å². The van der Waals surface area contributed by atoms with Crippen LogP contribution in [0.1, 0.15) is 17.3 Å². The average Bonchev–Trinajstić information content (AvgIpc) is 2.63. The minimum atomic E-state index is -1.08. The molecule has 0 aliphatic rings. The molecule has 138 valence electrons. The lowest BCUT2D eigenvalue weighted by atomic mass is 10.2. The first-order valence-corrected chi connectivity index (χ1v) is 8.30. The van der Waals surface area contributed by atoms with Gasteiger partial charge in [0.1, 0.15) is 5.56 Å². The number of carbonyl (C=O) groups excluding carboxylic acids is 2. The Morgan fingerprint density at radius 1 is 1.08 bits per heavy atom. The normalized spacial score (nSPS) is 11.4. The van der Waals surface area contributed by atoms with Gasteiger partial charge in [0.25, 0.3) is 5.91 Å². The molecular formula is C18H17Cl2NO5. The van der Waals surface area contributed by atoms with Crippen LogP contribution in [0, 0.1) is 0 Å². The summed E-state index contributed by atoms with van der Waals surface area (Å²) in [5.74, 6) is -0.666. The second-order valence-corrected chi connectivity index (χ2v) is 6.05. The zero-order valence-electron chi connectivity index (χ0n) is 14.3. The largest absolute Gasteiger partial charge is 0.493 e. The van der Waals surface area contributed by atoms with E-state index in [1.54, 1.807) is 24.3 Å². The number of esters is 1. The Hall–Kier alpha value is -2.44. The highest BCUT2D eigenvalue weighted by atomic mass is 35.5. The molecule has 1 N–H and O–H groups in total. The van der Waals surface area contributed by atoms with E-state index in [1.807, 2.05) is 0 Å². The second-order valence-electron chi connectivity index (χ2n) is 5.20. The first-order chi connectivity index (χ1) is 12.4. The highest BCUT2D eigenvalue weighted by Crippen LogP contribution is 2.31. The molecule has 0 radical (unpaired) electrons. The smallest absolute Gasteiger partial charge is 0.342 e. The molecule has 2 aromatic rings. The van der Waals surface area contributed by atoms with Crippen molar-refractivity contribution in [3.05, 3.63) is 52.0 Å². The monoisotopic (exact) mass is 397 g/mol. The fourth-order valence-electron chi connectivity index (χ4n) is 2.15. The van der Waals surface area contributed by atoms with Crippen LogP contribution in [0.15, 0.2) is 36.4 Å². The molecule has 0 aromatic heterocycles. The molecule has 0 aliphatic heterocycles. The Morgan fingerprint density at radius 3 is 2.46 bits per heavy atom. The van der Waals surface area contributed by atoms with E-state index in [0.29, 0.717) is 21.5 Å². The number of ether oxygens (including phenoxy) is 3. The number of rotatable bonds is 6. The van der Waals surface area contributed by atoms with Gasteiger partial charge in [-0.25, -0.2) is 4.79 Å². The number of hydrogen-bond donors (Lipinski definition) is 1. The van der Waals surface area contributed by atoms with Crippen LogP contribution >= 0.6 is 23.2 Å². The van der Waals surface area contributed by atoms with E-state index in [2.05, 4.69) is 5.32 Å². The van der Waals surface area contributed by atoms with E-state index in [9.17, 15) is 9.59 Å². The van der Waals surface area contributed by atoms with Gasteiger partial charge in [0.05, 0.1) is 24.9 Å². The number of benzene rings is 2. The van der Waals surface area contributed by atoms with Crippen molar-refractivity contribution in [3.63, 3.8) is 0 Å². The van der Waals surface area contributed by atoms with E-state index in [1.165, 1.54) is 33.3 Å². The molecule has 1 atom stereocenters. The number of amides is 1. The van der Waals surface area contributed by atoms with Gasteiger partial charge in [-0.2, -0.15) is 0 Å². The highest BCUT2D eigenvalue weighted by molar-refractivity contribution is 6.35. The van der Waals surface area contributed by atoms with Crippen molar-refractivity contribution in [1.29, 1.82) is 0 Å². The van der Waals surface area contributed by atoms with E-state index in [-0.39, 0.29) is 11.3 Å². The molecule has 2 rings (SSSR count). The first-order valence-electron chi connectivity index (χ1n) is 7.55. The number of halogens is 2. The molecule has 0 unspecified atom stereocenters. The average molecular weight is 398 g/mol. The van der Waals surface area contributed by atoms with Crippen LogP contribution in [-0.4, -0.2) is 32.2 Å². The van der Waals surface area contributed by atoms with Crippen LogP contribution in [0.5, 0.6) is 11.5 Å². The lowest BCUT2D eigenvalue weighted by Gasteiger charge is -2.16. The van der Waals surface area contributed by atoms with E-state index in [4.69, 9.17) is 37.4 Å². The van der Waals surface area contributed by atoms with Crippen LogP contribution in [0.25, 0.3) is 0 Å². The molecule has 0 spiro atoms. The maximum atomic E-state index is 12.4. The van der Waals surface area contributed by atoms with Gasteiger partial charge in [-0.3, -0.25) is 4.79 Å². The summed E-state index contributed by atoms with van der Waals surface area (Å²) in [7, 11) is 2.86. The fraction of sp³-hybridized carbons (Fsp3) is 0.222. The molecule has 0 saturated carbocycles. The van der Waals surface area contributed by atoms with Gasteiger partial charge in [0.2, 0.25) is 0 Å². The maximum Gasteiger partial charge on any atom is 0.342 e. The predicted molar refractivity (Wildman–Crippen MR) is 99.5 cm³/mol. The van der Waals surface area contributed by atoms with Gasteiger partial charge in [-0.15, -0.1) is 0 Å². The molecule has 2 aromatic carbocycles. The summed E-state index contributed by atoms with van der Waals surface area (Å²) in [6.45, 7) is 1.44. The third-order valence-corrected chi connectivity index (χ3v) is 4.03. The quantitative estimate of drug-likeness (QED) is 0.739. The molecule has 0 bridgehead atoms. The van der Waals surface area contributed by atoms with Crippen LogP contribution in [0.3, 0.4) is 0 Å². The van der Waals surface area contributed by atoms with Gasteiger partial charge in [-0.05, 0) is 37.3 Å². The third-order valence-electron chi connectivity index (χ3n) is 3.46. The number of hydrogen-bond acceptors (Lipinski definition) is 5. The molecule has 0 fully saturated rings. The van der Waals surface area contributed by atoms with Crippen LogP contribution in [0.2, 0.25) is 10.0 Å². The minimum Gasteiger partial charge on any atom is -0.493 e. The lowest BCUT2D eigenvalue weighted by Crippen LogP contribution is -2.30. The van der Waals surface area contributed by atoms with Crippen molar-refractivity contribution >= 4 is 40.8 Å². The van der Waals surface area contributed by atoms with E-state index >= 15 is 0 Å². The summed E-state index contributed by atoms with van der Waals surface area (Å²) in [4.78, 5) is 24.7. The Labute approximate surface area is 160 Å². The summed E-state index contributed by atoms with van der Waals surface area (Å²) in [6, 6.07) is 9.43. The van der Waals surface area contributed by atoms with Crippen LogP contribution in [-0.2, 0) is 9.53 Å². The van der Waals surface area contributed by atoms with Gasteiger partial charge < -0.3 is 19.5 Å². The minimum absolute atomic E-state index is 0.146. The number of nitrogens with one attached hydrogen (secondary N) is 1. The highest BCUT2D eigenvalue weighted by Gasteiger charge is 2.23. The first kappa shape index (κ1) is 19.9. The fourth-order valence-corrected chi connectivity index (χ4v) is 2.49. The molecule has 0 aliphatic carbocycles. The Kier molecular flexibility index (Phi) is 6.71. The Morgan fingerprint density at radius 2 is 1.81 bits per heavy atom. The zero-order valence-corrected chi connectivity index (χ0v) is 15.9. The number of carbonyl (C=O) groups is 2. The van der Waals surface area contributed by atoms with Crippen molar-refractivity contribution in [2.45, 2.75) is 13.0 Å². The topological polar surface area (TPSA) is 73.9 Å². The molecular weight excluding hydrogens is 381 g/mol. The number of para-hydroxylation sites is 1. The predicted octanol–water partition coefficient (Wildman–Crippen LogP) is 4.19. The Bertz CT molecular complexity index is 825. The summed E-state index contributed by atoms with van der Waals surface area (Å²) in [5.41, 5.74) is 0.471. The van der Waals surface area contributed by atoms with Gasteiger partial charge >= 0.3 is 5.97 Å². The molecule has 8 heteroatoms. The maximum absolute atomic E-state index is 12.4. The summed E-state index contributed by atoms with van der Waals surface area (Å²) in [6.07, 6.45) is -1.08. The molecule has 0 heterocycles. The molecule has 26 heavy (non-hydrogen) atoms. The van der Waals surface area contributed by atoms with Crippen molar-refractivity contribution in [2.24, 2.45) is 0 Å². The number of anilines is 1. The summed E-state index contributed by atoms with van der Waals surface area (Å²) < 4.78 is 15.6. The Balaban J connectivity index is 2.11. The van der Waals surface area contributed by atoms with E-state index < -0.39 is 18.0 Å². The van der Waals surface area contributed by atoms with Crippen LogP contribution < -0.4 is 14.8 Å². The summed E-state index contributed by atoms with van der Waals surface area (Å²) in [5, 5.41) is 3.30. The van der Waals surface area contributed by atoms with Gasteiger partial charge in [0, 0.05) is 5.02 Å². The standard InChI is InChI=1S/C18H17Cl2NO5/c1-10(17(22)21-14-9-11(19)7-8-13(14)20)26-18(23)12-5-4-6-15(24-2)16(12)25-3/h4-10H,1-3H3,(H,21,22)/t10-/m1/s1. The molecule has 0 saturated heterocycles. The SMILES string of the molecule is COc1cccc(C(=O)O[C@H](C)C(=O)Nc2cc(Cl)ccc2Cl)c1OC. The molecule has 6 nitrogen and oxygen atoms in total. The number of methoxy groups -OCH3 is 2. The molecule has 1 amide bonds. The lowest BCUT2D eigenvalue weighted by molar-refractivity contribution is -0.123. The van der Waals surface area contributed by atoms with Crippen molar-refractivity contribution < 1.29 is 23.8 Å². The third kappa shape index (κ3) is 4.59. The summed E-state index contributed by atoms with van der Waals surface area (Å²) >= 11 is 11.9. The second kappa shape index (κ2) is 8.78. The van der Waals surface area contributed by atoms with Crippen LogP contribution in [0.4, 0.5) is 5.69 Å². The van der Waals surface area contributed by atoms with Crippen molar-refractivity contribution in [2.75, 3.05) is 19.5 Å².